The number of H-pyrrole nitrogens is 1. The molecule has 1 aliphatic rings. The van der Waals surface area contributed by atoms with E-state index < -0.39 is 6.04 Å². The van der Waals surface area contributed by atoms with E-state index in [-0.39, 0.29) is 11.7 Å². The number of nitrogens with zero attached hydrogens (tertiary/aromatic N) is 5. The lowest BCUT2D eigenvalue weighted by atomic mass is 10.0. The van der Waals surface area contributed by atoms with Crippen LogP contribution in [-0.4, -0.2) is 42.3 Å². The van der Waals surface area contributed by atoms with E-state index in [9.17, 15) is 4.79 Å². The molecule has 8 nitrogen and oxygen atoms in total. The average molecular weight is 346 g/mol. The molecule has 0 saturated carbocycles. The standard InChI is InChI=1S/C18H14N6O2/c25-18(14-8-19-10-26-14)24-6-5-13-15(22-9-21-13)16(24)17-20-7-11-3-1-2-4-12(11)23-17/h1-4,7-10,16H,5-6H2,(H,21,22)/t16-/m0/s1. The van der Waals surface area contributed by atoms with Crippen LogP contribution in [0.5, 0.6) is 0 Å². The molecule has 128 valence electrons. The van der Waals surface area contributed by atoms with Crippen LogP contribution in [-0.2, 0) is 6.42 Å². The van der Waals surface area contributed by atoms with E-state index in [1.165, 1.54) is 12.6 Å². The van der Waals surface area contributed by atoms with E-state index >= 15 is 0 Å². The number of hydrogen-bond acceptors (Lipinski definition) is 6. The average Bonchev–Trinajstić information content (AvgIpc) is 3.38. The summed E-state index contributed by atoms with van der Waals surface area (Å²) in [6, 6.07) is 7.27. The number of benzene rings is 1. The summed E-state index contributed by atoms with van der Waals surface area (Å²) in [5.74, 6) is 0.470. The fraction of sp³-hybridized carbons (Fsp3) is 0.167. The van der Waals surface area contributed by atoms with Crippen LogP contribution in [0.3, 0.4) is 0 Å². The summed E-state index contributed by atoms with van der Waals surface area (Å²) in [4.78, 5) is 35.3. The third-order valence-electron chi connectivity index (χ3n) is 4.58. The second-order valence-corrected chi connectivity index (χ2v) is 6.07. The van der Waals surface area contributed by atoms with Crippen molar-refractivity contribution >= 4 is 16.8 Å². The molecule has 4 heterocycles. The molecule has 4 aromatic rings. The molecular formula is C18H14N6O2. The quantitative estimate of drug-likeness (QED) is 0.597. The van der Waals surface area contributed by atoms with Crippen molar-refractivity contribution in [3.8, 4) is 0 Å². The van der Waals surface area contributed by atoms with Crippen LogP contribution in [0, 0.1) is 0 Å². The molecule has 0 bridgehead atoms. The predicted molar refractivity (Wildman–Crippen MR) is 91.2 cm³/mol. The summed E-state index contributed by atoms with van der Waals surface area (Å²) >= 11 is 0. The van der Waals surface area contributed by atoms with Crippen LogP contribution in [0.1, 0.15) is 33.8 Å². The van der Waals surface area contributed by atoms with Crippen molar-refractivity contribution in [3.05, 3.63) is 72.4 Å². The smallest absolute Gasteiger partial charge is 0.292 e. The minimum absolute atomic E-state index is 0.190. The SMILES string of the molecule is O=C(c1cnco1)N1CCc2[nH]cnc2[C@H]1c1ncc2ccccc2n1. The number of para-hydroxylation sites is 1. The number of nitrogens with one attached hydrogen (secondary N) is 1. The van der Waals surface area contributed by atoms with Gasteiger partial charge in [0, 0.05) is 30.2 Å². The number of imidazole rings is 1. The Bertz CT molecular complexity index is 1090. The maximum Gasteiger partial charge on any atom is 0.292 e. The molecule has 1 N–H and O–H groups in total. The van der Waals surface area contributed by atoms with Gasteiger partial charge in [-0.25, -0.2) is 19.9 Å². The predicted octanol–water partition coefficient (Wildman–Crippen LogP) is 2.13. The van der Waals surface area contributed by atoms with E-state index in [1.807, 2.05) is 24.3 Å². The van der Waals surface area contributed by atoms with Crippen LogP contribution in [0.15, 0.2) is 53.8 Å². The van der Waals surface area contributed by atoms with Crippen LogP contribution < -0.4 is 0 Å². The number of aromatic nitrogens is 5. The normalized spacial score (nSPS) is 16.6. The van der Waals surface area contributed by atoms with Gasteiger partial charge in [-0.3, -0.25) is 4.79 Å². The third kappa shape index (κ3) is 2.26. The van der Waals surface area contributed by atoms with Gasteiger partial charge in [-0.15, -0.1) is 0 Å². The molecule has 0 aliphatic carbocycles. The van der Waals surface area contributed by atoms with E-state index in [4.69, 9.17) is 4.42 Å². The lowest BCUT2D eigenvalue weighted by Crippen LogP contribution is -2.41. The van der Waals surface area contributed by atoms with Gasteiger partial charge < -0.3 is 14.3 Å². The van der Waals surface area contributed by atoms with Crippen LogP contribution in [0.25, 0.3) is 10.9 Å². The summed E-state index contributed by atoms with van der Waals surface area (Å²) in [5, 5.41) is 0.947. The van der Waals surface area contributed by atoms with E-state index in [0.717, 1.165) is 22.3 Å². The molecule has 1 aliphatic heterocycles. The van der Waals surface area contributed by atoms with Crippen molar-refractivity contribution in [1.29, 1.82) is 0 Å². The number of oxazole rings is 1. The summed E-state index contributed by atoms with van der Waals surface area (Å²) in [5.41, 5.74) is 2.58. The minimum Gasteiger partial charge on any atom is -0.438 e. The number of rotatable bonds is 2. The number of carbonyl (C=O) groups excluding carboxylic acids is 1. The molecule has 0 fully saturated rings. The monoisotopic (exact) mass is 346 g/mol. The number of amides is 1. The van der Waals surface area contributed by atoms with Crippen molar-refractivity contribution in [1.82, 2.24) is 29.8 Å². The molecule has 0 saturated heterocycles. The van der Waals surface area contributed by atoms with Gasteiger partial charge in [0.25, 0.3) is 5.91 Å². The van der Waals surface area contributed by atoms with Gasteiger partial charge in [0.1, 0.15) is 6.04 Å². The number of fused-ring (bicyclic) bond motifs is 2. The Kier molecular flexibility index (Phi) is 3.27. The zero-order chi connectivity index (χ0) is 17.5. The highest BCUT2D eigenvalue weighted by molar-refractivity contribution is 5.92. The molecule has 1 atom stereocenters. The van der Waals surface area contributed by atoms with Gasteiger partial charge in [-0.2, -0.15) is 0 Å². The molecule has 0 radical (unpaired) electrons. The molecule has 0 spiro atoms. The highest BCUT2D eigenvalue weighted by Gasteiger charge is 2.37. The van der Waals surface area contributed by atoms with E-state index in [2.05, 4.69) is 24.9 Å². The maximum absolute atomic E-state index is 12.9. The number of carbonyl (C=O) groups is 1. The highest BCUT2D eigenvalue weighted by atomic mass is 16.3. The molecule has 1 amide bonds. The first kappa shape index (κ1) is 14.8. The second kappa shape index (κ2) is 5.76. The Morgan fingerprint density at radius 3 is 3.04 bits per heavy atom. The number of aromatic amines is 1. The first-order chi connectivity index (χ1) is 12.8. The Labute approximate surface area is 147 Å². The summed E-state index contributed by atoms with van der Waals surface area (Å²) in [6.07, 6.45) is 6.76. The van der Waals surface area contributed by atoms with Gasteiger partial charge in [-0.05, 0) is 6.07 Å². The topological polar surface area (TPSA) is 101 Å². The molecule has 1 aromatic carbocycles. The lowest BCUT2D eigenvalue weighted by molar-refractivity contribution is 0.0651. The van der Waals surface area contributed by atoms with Crippen LogP contribution in [0.4, 0.5) is 0 Å². The molecule has 0 unspecified atom stereocenters. The molecule has 26 heavy (non-hydrogen) atoms. The Balaban J connectivity index is 1.64. The molecular weight excluding hydrogens is 332 g/mol. The Morgan fingerprint density at radius 2 is 2.15 bits per heavy atom. The van der Waals surface area contributed by atoms with Gasteiger partial charge >= 0.3 is 0 Å². The summed E-state index contributed by atoms with van der Waals surface area (Å²) in [7, 11) is 0. The zero-order valence-corrected chi connectivity index (χ0v) is 13.7. The first-order valence-electron chi connectivity index (χ1n) is 8.24. The first-order valence-corrected chi connectivity index (χ1v) is 8.24. The van der Waals surface area contributed by atoms with Crippen molar-refractivity contribution in [2.75, 3.05) is 6.54 Å². The summed E-state index contributed by atoms with van der Waals surface area (Å²) < 4.78 is 5.20. The minimum atomic E-state index is -0.479. The van der Waals surface area contributed by atoms with Gasteiger partial charge in [0.15, 0.2) is 12.2 Å². The van der Waals surface area contributed by atoms with E-state index in [1.54, 1.807) is 17.4 Å². The molecule has 3 aromatic heterocycles. The second-order valence-electron chi connectivity index (χ2n) is 6.07. The van der Waals surface area contributed by atoms with Gasteiger partial charge in [0.2, 0.25) is 5.76 Å². The molecule has 5 rings (SSSR count). The highest BCUT2D eigenvalue weighted by Crippen LogP contribution is 2.33. The third-order valence-corrected chi connectivity index (χ3v) is 4.58. The van der Waals surface area contributed by atoms with Crippen molar-refractivity contribution in [2.24, 2.45) is 0 Å². The number of hydrogen-bond donors (Lipinski definition) is 1. The zero-order valence-electron chi connectivity index (χ0n) is 13.7. The van der Waals surface area contributed by atoms with Crippen molar-refractivity contribution in [3.63, 3.8) is 0 Å². The van der Waals surface area contributed by atoms with Crippen molar-refractivity contribution < 1.29 is 9.21 Å². The Morgan fingerprint density at radius 1 is 1.23 bits per heavy atom. The fourth-order valence-corrected chi connectivity index (χ4v) is 3.34. The summed E-state index contributed by atoms with van der Waals surface area (Å²) in [6.45, 7) is 0.510. The van der Waals surface area contributed by atoms with Crippen LogP contribution in [0.2, 0.25) is 0 Å². The lowest BCUT2D eigenvalue weighted by Gasteiger charge is -2.33. The molecule has 8 heteroatoms. The van der Waals surface area contributed by atoms with E-state index in [0.29, 0.717) is 18.8 Å². The van der Waals surface area contributed by atoms with Gasteiger partial charge in [-0.1, -0.05) is 18.2 Å². The van der Waals surface area contributed by atoms with Crippen molar-refractivity contribution in [2.45, 2.75) is 12.5 Å². The van der Waals surface area contributed by atoms with Gasteiger partial charge in [0.05, 0.1) is 23.7 Å². The fourth-order valence-electron chi connectivity index (χ4n) is 3.34. The Hall–Kier alpha value is -3.55. The largest absolute Gasteiger partial charge is 0.438 e. The van der Waals surface area contributed by atoms with Crippen LogP contribution >= 0.6 is 0 Å². The maximum atomic E-state index is 12.9.